The lowest BCUT2D eigenvalue weighted by atomic mass is 10.1. The van der Waals surface area contributed by atoms with E-state index < -0.39 is 5.56 Å². The second-order valence-electron chi connectivity index (χ2n) is 3.34. The van der Waals surface area contributed by atoms with Crippen LogP contribution in [0, 0.1) is 0 Å². The molecule has 0 aliphatic heterocycles. The first-order chi connectivity index (χ1) is 7.11. The van der Waals surface area contributed by atoms with E-state index in [9.17, 15) is 9.59 Å². The number of ketones is 1. The van der Waals surface area contributed by atoms with Crippen molar-refractivity contribution in [3.63, 3.8) is 0 Å². The number of hydrogen-bond acceptors (Lipinski definition) is 3. The molecule has 4 nitrogen and oxygen atoms in total. The minimum Gasteiger partial charge on any atom is -0.397 e. The van der Waals surface area contributed by atoms with Crippen LogP contribution in [0.15, 0.2) is 29.1 Å². The SMILES string of the molecule is CC(=O)c1c(N)c2ccccc2[nH]c1=O. The van der Waals surface area contributed by atoms with Crippen LogP contribution in [0.25, 0.3) is 10.9 Å². The number of nitrogens with one attached hydrogen (secondary N) is 1. The van der Waals surface area contributed by atoms with Gasteiger partial charge in [0, 0.05) is 5.39 Å². The number of para-hydroxylation sites is 1. The Morgan fingerprint density at radius 1 is 1.33 bits per heavy atom. The molecule has 2 rings (SSSR count). The van der Waals surface area contributed by atoms with Crippen LogP contribution in [0.5, 0.6) is 0 Å². The third-order valence-electron chi connectivity index (χ3n) is 2.31. The van der Waals surface area contributed by atoms with Gasteiger partial charge in [-0.1, -0.05) is 18.2 Å². The molecule has 3 N–H and O–H groups in total. The average Bonchev–Trinajstić information content (AvgIpc) is 2.17. The monoisotopic (exact) mass is 202 g/mol. The van der Waals surface area contributed by atoms with E-state index in [0.29, 0.717) is 10.9 Å². The molecular weight excluding hydrogens is 192 g/mol. The molecule has 0 saturated carbocycles. The molecule has 1 heterocycles. The third kappa shape index (κ3) is 1.40. The van der Waals surface area contributed by atoms with Gasteiger partial charge in [-0.25, -0.2) is 0 Å². The zero-order valence-corrected chi connectivity index (χ0v) is 8.20. The maximum atomic E-state index is 11.5. The lowest BCUT2D eigenvalue weighted by Crippen LogP contribution is -2.18. The van der Waals surface area contributed by atoms with Crippen LogP contribution < -0.4 is 11.3 Å². The lowest BCUT2D eigenvalue weighted by molar-refractivity contribution is 0.101. The smallest absolute Gasteiger partial charge is 0.261 e. The fourth-order valence-corrected chi connectivity index (χ4v) is 1.62. The minimum absolute atomic E-state index is 0.0358. The van der Waals surface area contributed by atoms with Crippen LogP contribution in [-0.2, 0) is 0 Å². The highest BCUT2D eigenvalue weighted by atomic mass is 16.1. The number of nitrogens with two attached hydrogens (primary N) is 1. The number of carbonyl (C=O) groups excluding carboxylic acids is 1. The number of anilines is 1. The van der Waals surface area contributed by atoms with Gasteiger partial charge in [0.25, 0.3) is 5.56 Å². The van der Waals surface area contributed by atoms with Crippen molar-refractivity contribution in [2.24, 2.45) is 0 Å². The van der Waals surface area contributed by atoms with Gasteiger partial charge in [-0.3, -0.25) is 9.59 Å². The van der Waals surface area contributed by atoms with Crippen molar-refractivity contribution in [2.75, 3.05) is 5.73 Å². The number of fused-ring (bicyclic) bond motifs is 1. The van der Waals surface area contributed by atoms with E-state index >= 15 is 0 Å². The Morgan fingerprint density at radius 3 is 2.67 bits per heavy atom. The van der Waals surface area contributed by atoms with Crippen LogP contribution in [-0.4, -0.2) is 10.8 Å². The molecule has 0 atom stereocenters. The molecule has 0 amide bonds. The van der Waals surface area contributed by atoms with E-state index in [4.69, 9.17) is 5.73 Å². The van der Waals surface area contributed by atoms with Gasteiger partial charge in [0.05, 0.1) is 11.2 Å². The molecule has 76 valence electrons. The summed E-state index contributed by atoms with van der Waals surface area (Å²) in [5.41, 5.74) is 6.28. The lowest BCUT2D eigenvalue weighted by Gasteiger charge is -2.05. The standard InChI is InChI=1S/C11H10N2O2/c1-6(14)9-10(12)7-4-2-3-5-8(7)13-11(9)15/h2-5H,1H3,(H3,12,13,15). The molecule has 1 aromatic carbocycles. The van der Waals surface area contributed by atoms with E-state index in [1.807, 2.05) is 0 Å². The summed E-state index contributed by atoms with van der Waals surface area (Å²) in [4.78, 5) is 25.4. The topological polar surface area (TPSA) is 76.0 Å². The van der Waals surface area contributed by atoms with E-state index in [-0.39, 0.29) is 17.0 Å². The summed E-state index contributed by atoms with van der Waals surface area (Å²) in [6, 6.07) is 7.12. The quantitative estimate of drug-likeness (QED) is 0.684. The molecule has 0 fully saturated rings. The first-order valence-electron chi connectivity index (χ1n) is 4.52. The summed E-state index contributed by atoms with van der Waals surface area (Å²) >= 11 is 0. The van der Waals surface area contributed by atoms with Gasteiger partial charge in [-0.2, -0.15) is 0 Å². The molecular formula is C11H10N2O2. The molecule has 4 heteroatoms. The molecule has 0 aliphatic rings. The van der Waals surface area contributed by atoms with E-state index in [1.54, 1.807) is 24.3 Å². The first kappa shape index (κ1) is 9.45. The van der Waals surface area contributed by atoms with Crippen molar-refractivity contribution in [3.8, 4) is 0 Å². The number of H-pyrrole nitrogens is 1. The summed E-state index contributed by atoms with van der Waals surface area (Å²) in [6.45, 7) is 1.33. The van der Waals surface area contributed by atoms with Crippen LogP contribution in [0.2, 0.25) is 0 Å². The summed E-state index contributed by atoms with van der Waals surface area (Å²) in [5.74, 6) is -0.320. The van der Waals surface area contributed by atoms with Gasteiger partial charge in [-0.05, 0) is 13.0 Å². The van der Waals surface area contributed by atoms with Gasteiger partial charge < -0.3 is 10.7 Å². The molecule has 15 heavy (non-hydrogen) atoms. The summed E-state index contributed by atoms with van der Waals surface area (Å²) in [5, 5.41) is 0.697. The number of hydrogen-bond donors (Lipinski definition) is 2. The number of nitrogen functional groups attached to an aromatic ring is 1. The molecule has 0 bridgehead atoms. The number of aromatic nitrogens is 1. The van der Waals surface area contributed by atoms with Crippen LogP contribution in [0.3, 0.4) is 0 Å². The maximum Gasteiger partial charge on any atom is 0.261 e. The van der Waals surface area contributed by atoms with Crippen molar-refractivity contribution < 1.29 is 4.79 Å². The van der Waals surface area contributed by atoms with Crippen molar-refractivity contribution in [2.45, 2.75) is 6.92 Å². The van der Waals surface area contributed by atoms with E-state index in [1.165, 1.54) is 6.92 Å². The summed E-state index contributed by atoms with van der Waals surface area (Å²) < 4.78 is 0. The Hall–Kier alpha value is -2.10. The molecule has 2 aromatic rings. The highest BCUT2D eigenvalue weighted by Crippen LogP contribution is 2.19. The second kappa shape index (κ2) is 3.24. The number of aromatic amines is 1. The molecule has 0 unspecified atom stereocenters. The zero-order chi connectivity index (χ0) is 11.0. The van der Waals surface area contributed by atoms with Crippen LogP contribution in [0.1, 0.15) is 17.3 Å². The van der Waals surface area contributed by atoms with Gasteiger partial charge in [0.1, 0.15) is 5.56 Å². The average molecular weight is 202 g/mol. The van der Waals surface area contributed by atoms with E-state index in [2.05, 4.69) is 4.98 Å². The van der Waals surface area contributed by atoms with Crippen LogP contribution >= 0.6 is 0 Å². The van der Waals surface area contributed by atoms with Crippen molar-refractivity contribution in [3.05, 3.63) is 40.2 Å². The molecule has 0 radical (unpaired) electrons. The predicted molar refractivity (Wildman–Crippen MR) is 59.0 cm³/mol. The van der Waals surface area contributed by atoms with Gasteiger partial charge >= 0.3 is 0 Å². The maximum absolute atomic E-state index is 11.5. The van der Waals surface area contributed by atoms with Crippen LogP contribution in [0.4, 0.5) is 5.69 Å². The first-order valence-corrected chi connectivity index (χ1v) is 4.52. The van der Waals surface area contributed by atoms with Gasteiger partial charge in [0.15, 0.2) is 5.78 Å². The van der Waals surface area contributed by atoms with Crippen molar-refractivity contribution >= 4 is 22.4 Å². The Morgan fingerprint density at radius 2 is 2.00 bits per heavy atom. The summed E-state index contributed by atoms with van der Waals surface area (Å²) in [7, 11) is 0. The fourth-order valence-electron chi connectivity index (χ4n) is 1.62. The Labute approximate surface area is 85.7 Å². The largest absolute Gasteiger partial charge is 0.397 e. The molecule has 0 saturated heterocycles. The highest BCUT2D eigenvalue weighted by molar-refractivity contribution is 6.05. The molecule has 0 aliphatic carbocycles. The Balaban J connectivity index is 2.97. The van der Waals surface area contributed by atoms with E-state index in [0.717, 1.165) is 0 Å². The minimum atomic E-state index is -0.432. The Bertz CT molecular complexity index is 599. The summed E-state index contributed by atoms with van der Waals surface area (Å²) in [6.07, 6.45) is 0. The van der Waals surface area contributed by atoms with Crippen molar-refractivity contribution in [1.82, 2.24) is 4.98 Å². The number of pyridine rings is 1. The van der Waals surface area contributed by atoms with Crippen molar-refractivity contribution in [1.29, 1.82) is 0 Å². The number of Topliss-reactive ketones (excluding diaryl/α,β-unsaturated/α-hetero) is 1. The zero-order valence-electron chi connectivity index (χ0n) is 8.20. The number of carbonyl (C=O) groups is 1. The highest BCUT2D eigenvalue weighted by Gasteiger charge is 2.12. The molecule has 1 aromatic heterocycles. The number of rotatable bonds is 1. The fraction of sp³-hybridized carbons (Fsp3) is 0.0909. The number of benzene rings is 1. The Kier molecular flexibility index (Phi) is 2.04. The third-order valence-corrected chi connectivity index (χ3v) is 2.31. The van der Waals surface area contributed by atoms with Gasteiger partial charge in [-0.15, -0.1) is 0 Å². The predicted octanol–water partition coefficient (Wildman–Crippen LogP) is 1.31. The second-order valence-corrected chi connectivity index (χ2v) is 3.34. The molecule has 0 spiro atoms. The van der Waals surface area contributed by atoms with Gasteiger partial charge in [0.2, 0.25) is 0 Å². The normalized spacial score (nSPS) is 10.5.